The van der Waals surface area contributed by atoms with E-state index in [1.807, 2.05) is 18.2 Å². The number of carbonyl (C=O) groups excluding carboxylic acids is 1. The maximum absolute atomic E-state index is 11.8. The van der Waals surface area contributed by atoms with Crippen LogP contribution in [-0.4, -0.2) is 28.6 Å². The SMILES string of the molecule is CCc1ccc(OCCCn2c(CCCNC(=O)C3CC3)nc3ccccc32)cc1. The highest BCUT2D eigenvalue weighted by Gasteiger charge is 2.29. The first-order valence-corrected chi connectivity index (χ1v) is 11.2. The number of nitrogens with one attached hydrogen (secondary N) is 1. The van der Waals surface area contributed by atoms with Crippen molar-refractivity contribution in [2.75, 3.05) is 13.2 Å². The van der Waals surface area contributed by atoms with Gasteiger partial charge in [0.1, 0.15) is 11.6 Å². The third-order valence-corrected chi connectivity index (χ3v) is 5.68. The van der Waals surface area contributed by atoms with Crippen molar-refractivity contribution in [3.05, 3.63) is 59.9 Å². The Morgan fingerprint density at radius 2 is 1.93 bits per heavy atom. The number of ether oxygens (including phenoxy) is 1. The molecule has 30 heavy (non-hydrogen) atoms. The number of aromatic nitrogens is 2. The topological polar surface area (TPSA) is 56.1 Å². The first-order chi connectivity index (χ1) is 14.7. The van der Waals surface area contributed by atoms with Gasteiger partial charge in [-0.2, -0.15) is 0 Å². The van der Waals surface area contributed by atoms with Gasteiger partial charge in [0.2, 0.25) is 5.91 Å². The Morgan fingerprint density at radius 1 is 1.13 bits per heavy atom. The van der Waals surface area contributed by atoms with Crippen molar-refractivity contribution in [1.29, 1.82) is 0 Å². The van der Waals surface area contributed by atoms with Crippen LogP contribution in [0.15, 0.2) is 48.5 Å². The first kappa shape index (κ1) is 20.5. The molecule has 5 heteroatoms. The minimum Gasteiger partial charge on any atom is -0.494 e. The van der Waals surface area contributed by atoms with E-state index < -0.39 is 0 Å². The molecule has 1 fully saturated rings. The average Bonchev–Trinajstić information content (AvgIpc) is 3.57. The van der Waals surface area contributed by atoms with Gasteiger partial charge in [0.15, 0.2) is 0 Å². The molecule has 1 saturated carbocycles. The highest BCUT2D eigenvalue weighted by atomic mass is 16.5. The zero-order valence-corrected chi connectivity index (χ0v) is 17.8. The van der Waals surface area contributed by atoms with Crippen LogP contribution in [0.3, 0.4) is 0 Å². The lowest BCUT2D eigenvalue weighted by Gasteiger charge is -2.11. The van der Waals surface area contributed by atoms with Gasteiger partial charge >= 0.3 is 0 Å². The molecular weight excluding hydrogens is 374 g/mol. The van der Waals surface area contributed by atoms with E-state index in [0.29, 0.717) is 6.61 Å². The summed E-state index contributed by atoms with van der Waals surface area (Å²) in [6.07, 6.45) is 5.82. The predicted octanol–water partition coefficient (Wildman–Crippen LogP) is 4.53. The summed E-state index contributed by atoms with van der Waals surface area (Å²) in [7, 11) is 0. The quantitative estimate of drug-likeness (QED) is 0.477. The van der Waals surface area contributed by atoms with E-state index in [1.165, 1.54) is 11.1 Å². The second kappa shape index (κ2) is 9.79. The Kier molecular flexibility index (Phi) is 6.67. The molecule has 0 unspecified atom stereocenters. The molecule has 1 heterocycles. The molecule has 2 aromatic carbocycles. The maximum atomic E-state index is 11.8. The van der Waals surface area contributed by atoms with Crippen LogP contribution in [0.5, 0.6) is 5.75 Å². The minimum absolute atomic E-state index is 0.215. The fourth-order valence-electron chi connectivity index (χ4n) is 3.75. The number of amides is 1. The van der Waals surface area contributed by atoms with Crippen molar-refractivity contribution in [2.45, 2.75) is 52.0 Å². The summed E-state index contributed by atoms with van der Waals surface area (Å²) >= 11 is 0. The number of carbonyl (C=O) groups is 1. The lowest BCUT2D eigenvalue weighted by atomic mass is 10.2. The van der Waals surface area contributed by atoms with Gasteiger partial charge in [0.05, 0.1) is 17.6 Å². The van der Waals surface area contributed by atoms with Crippen molar-refractivity contribution in [3.63, 3.8) is 0 Å². The number of fused-ring (bicyclic) bond motifs is 1. The Bertz CT molecular complexity index is 974. The molecule has 1 aliphatic carbocycles. The monoisotopic (exact) mass is 405 g/mol. The van der Waals surface area contributed by atoms with E-state index in [4.69, 9.17) is 9.72 Å². The smallest absolute Gasteiger partial charge is 0.223 e. The molecule has 0 atom stereocenters. The van der Waals surface area contributed by atoms with Crippen molar-refractivity contribution < 1.29 is 9.53 Å². The van der Waals surface area contributed by atoms with Crippen molar-refractivity contribution in [1.82, 2.24) is 14.9 Å². The van der Waals surface area contributed by atoms with Crippen molar-refractivity contribution >= 4 is 16.9 Å². The summed E-state index contributed by atoms with van der Waals surface area (Å²) in [5.41, 5.74) is 3.53. The van der Waals surface area contributed by atoms with Crippen LogP contribution in [0, 0.1) is 5.92 Å². The number of hydrogen-bond donors (Lipinski definition) is 1. The summed E-state index contributed by atoms with van der Waals surface area (Å²) < 4.78 is 8.23. The van der Waals surface area contributed by atoms with Crippen LogP contribution in [-0.2, 0) is 24.2 Å². The van der Waals surface area contributed by atoms with Gasteiger partial charge in [-0.15, -0.1) is 0 Å². The highest BCUT2D eigenvalue weighted by molar-refractivity contribution is 5.80. The fourth-order valence-corrected chi connectivity index (χ4v) is 3.75. The van der Waals surface area contributed by atoms with Gasteiger partial charge < -0.3 is 14.6 Å². The Balaban J connectivity index is 1.31. The molecule has 1 aromatic heterocycles. The molecule has 1 aliphatic rings. The molecule has 1 amide bonds. The molecule has 0 saturated heterocycles. The number of aryl methyl sites for hydroxylation is 3. The van der Waals surface area contributed by atoms with Gasteiger partial charge in [0.25, 0.3) is 0 Å². The standard InChI is InChI=1S/C25H31N3O2/c1-2-19-10-14-21(15-11-19)30-18-6-17-28-23-8-4-3-7-22(23)27-24(28)9-5-16-26-25(29)20-12-13-20/h3-4,7-8,10-11,14-15,20H,2,5-6,9,12-13,16-18H2,1H3,(H,26,29). The number of benzene rings is 2. The summed E-state index contributed by atoms with van der Waals surface area (Å²) in [5.74, 6) is 2.50. The number of nitrogens with zero attached hydrogens (tertiary/aromatic N) is 2. The summed E-state index contributed by atoms with van der Waals surface area (Å²) in [5, 5.41) is 3.05. The first-order valence-electron chi connectivity index (χ1n) is 11.2. The van der Waals surface area contributed by atoms with Gasteiger partial charge in [-0.25, -0.2) is 4.98 Å². The Labute approximate surface area is 178 Å². The lowest BCUT2D eigenvalue weighted by Crippen LogP contribution is -2.26. The van der Waals surface area contributed by atoms with E-state index in [2.05, 4.69) is 47.1 Å². The zero-order valence-electron chi connectivity index (χ0n) is 17.8. The lowest BCUT2D eigenvalue weighted by molar-refractivity contribution is -0.122. The van der Waals surface area contributed by atoms with E-state index >= 15 is 0 Å². The maximum Gasteiger partial charge on any atom is 0.223 e. The normalized spacial score (nSPS) is 13.5. The van der Waals surface area contributed by atoms with Gasteiger partial charge in [-0.1, -0.05) is 31.2 Å². The van der Waals surface area contributed by atoms with E-state index in [1.54, 1.807) is 0 Å². The molecular formula is C25H31N3O2. The molecule has 0 spiro atoms. The second-order valence-electron chi connectivity index (χ2n) is 8.04. The van der Waals surface area contributed by atoms with E-state index in [0.717, 1.165) is 68.7 Å². The van der Waals surface area contributed by atoms with Crippen molar-refractivity contribution in [2.24, 2.45) is 5.92 Å². The van der Waals surface area contributed by atoms with Gasteiger partial charge in [-0.3, -0.25) is 4.79 Å². The van der Waals surface area contributed by atoms with Crippen LogP contribution < -0.4 is 10.1 Å². The fraction of sp³-hybridized carbons (Fsp3) is 0.440. The zero-order chi connectivity index (χ0) is 20.8. The summed E-state index contributed by atoms with van der Waals surface area (Å²) in [6, 6.07) is 16.6. The van der Waals surface area contributed by atoms with Gasteiger partial charge in [0, 0.05) is 25.4 Å². The predicted molar refractivity (Wildman–Crippen MR) is 120 cm³/mol. The molecule has 0 bridgehead atoms. The molecule has 3 aromatic rings. The summed E-state index contributed by atoms with van der Waals surface area (Å²) in [6.45, 7) is 4.42. The average molecular weight is 406 g/mol. The summed E-state index contributed by atoms with van der Waals surface area (Å²) in [4.78, 5) is 16.6. The van der Waals surface area contributed by atoms with Crippen LogP contribution in [0.2, 0.25) is 0 Å². The number of hydrogen-bond acceptors (Lipinski definition) is 3. The third-order valence-electron chi connectivity index (χ3n) is 5.68. The third kappa shape index (κ3) is 5.21. The van der Waals surface area contributed by atoms with Crippen molar-refractivity contribution in [3.8, 4) is 5.75 Å². The van der Waals surface area contributed by atoms with Crippen LogP contribution >= 0.6 is 0 Å². The van der Waals surface area contributed by atoms with Crippen LogP contribution in [0.25, 0.3) is 11.0 Å². The molecule has 0 radical (unpaired) electrons. The molecule has 5 nitrogen and oxygen atoms in total. The Hall–Kier alpha value is -2.82. The van der Waals surface area contributed by atoms with Gasteiger partial charge in [-0.05, 0) is 61.9 Å². The molecule has 4 rings (SSSR count). The highest BCUT2D eigenvalue weighted by Crippen LogP contribution is 2.28. The van der Waals surface area contributed by atoms with E-state index in [-0.39, 0.29) is 11.8 Å². The number of para-hydroxylation sites is 2. The Morgan fingerprint density at radius 3 is 2.70 bits per heavy atom. The number of imidazole rings is 1. The minimum atomic E-state index is 0.215. The van der Waals surface area contributed by atoms with E-state index in [9.17, 15) is 4.79 Å². The number of rotatable bonds is 11. The molecule has 1 N–H and O–H groups in total. The molecule has 0 aliphatic heterocycles. The molecule has 158 valence electrons. The second-order valence-corrected chi connectivity index (χ2v) is 8.04. The van der Waals surface area contributed by atoms with Crippen LogP contribution in [0.4, 0.5) is 0 Å². The largest absolute Gasteiger partial charge is 0.494 e. The van der Waals surface area contributed by atoms with Crippen LogP contribution in [0.1, 0.15) is 44.0 Å².